The van der Waals surface area contributed by atoms with Crippen LogP contribution >= 0.6 is 11.6 Å². The molecule has 2 saturated heterocycles. The molecule has 1 aromatic carbocycles. The van der Waals surface area contributed by atoms with E-state index in [2.05, 4.69) is 4.98 Å². The van der Waals surface area contributed by atoms with Gasteiger partial charge in [0.1, 0.15) is 6.10 Å². The molecule has 2 aliphatic heterocycles. The third-order valence-electron chi connectivity index (χ3n) is 5.39. The number of nitrogens with zero attached hydrogens (tertiary/aromatic N) is 3. The molecule has 152 valence electrons. The molecule has 0 aliphatic carbocycles. The minimum Gasteiger partial charge on any atom is -0.368 e. The van der Waals surface area contributed by atoms with Crippen molar-refractivity contribution < 1.29 is 14.3 Å². The van der Waals surface area contributed by atoms with E-state index in [1.54, 1.807) is 9.80 Å². The van der Waals surface area contributed by atoms with E-state index >= 15 is 0 Å². The first kappa shape index (κ1) is 19.9. The van der Waals surface area contributed by atoms with Crippen molar-refractivity contribution in [1.82, 2.24) is 14.8 Å². The van der Waals surface area contributed by atoms with Gasteiger partial charge in [0.25, 0.3) is 0 Å². The highest BCUT2D eigenvalue weighted by atomic mass is 35.5. The number of hydrogen-bond donors (Lipinski definition) is 0. The Hall–Kier alpha value is -2.44. The molecule has 4 rings (SSSR count). The van der Waals surface area contributed by atoms with Crippen molar-refractivity contribution in [3.05, 3.63) is 64.4 Å². The number of amides is 2. The standard InChI is InChI=1S/C22H24ClN3O3/c23-18-4-1-3-16(12-18)11-17-6-7-19(24-13-17)20-14-26(9-10-29-20)22(28)15-25-8-2-5-21(25)27/h1,3-4,6-7,12-13,20H,2,5,8-11,14-15H2. The number of ether oxygens (including phenoxy) is 1. The number of hydrogen-bond acceptors (Lipinski definition) is 4. The van der Waals surface area contributed by atoms with E-state index in [1.165, 1.54) is 0 Å². The Kier molecular flexibility index (Phi) is 6.11. The topological polar surface area (TPSA) is 62.7 Å². The smallest absolute Gasteiger partial charge is 0.242 e. The summed E-state index contributed by atoms with van der Waals surface area (Å²) in [7, 11) is 0. The Morgan fingerprint density at radius 2 is 2.10 bits per heavy atom. The van der Waals surface area contributed by atoms with Crippen molar-refractivity contribution in [2.75, 3.05) is 32.8 Å². The second-order valence-corrected chi connectivity index (χ2v) is 7.95. The molecule has 0 radical (unpaired) electrons. The predicted octanol–water partition coefficient (Wildman–Crippen LogP) is 2.85. The van der Waals surface area contributed by atoms with Crippen molar-refractivity contribution in [1.29, 1.82) is 0 Å². The van der Waals surface area contributed by atoms with E-state index in [4.69, 9.17) is 16.3 Å². The third-order valence-corrected chi connectivity index (χ3v) is 5.63. The number of benzene rings is 1. The van der Waals surface area contributed by atoms with Crippen LogP contribution in [0.3, 0.4) is 0 Å². The number of carbonyl (C=O) groups is 2. The first-order chi connectivity index (χ1) is 14.1. The van der Waals surface area contributed by atoms with Crippen LogP contribution in [0, 0.1) is 0 Å². The van der Waals surface area contributed by atoms with Gasteiger partial charge >= 0.3 is 0 Å². The number of rotatable bonds is 5. The van der Waals surface area contributed by atoms with Crippen molar-refractivity contribution in [2.45, 2.75) is 25.4 Å². The van der Waals surface area contributed by atoms with Crippen LogP contribution in [-0.2, 0) is 20.7 Å². The maximum Gasteiger partial charge on any atom is 0.242 e. The molecule has 2 aliphatic rings. The van der Waals surface area contributed by atoms with Gasteiger partial charge in [-0.25, -0.2) is 0 Å². The Bertz CT molecular complexity index is 887. The van der Waals surface area contributed by atoms with Gasteiger partial charge in [-0.15, -0.1) is 0 Å². The number of morpholine rings is 1. The van der Waals surface area contributed by atoms with Crippen molar-refractivity contribution in [2.24, 2.45) is 0 Å². The van der Waals surface area contributed by atoms with Gasteiger partial charge in [-0.3, -0.25) is 14.6 Å². The van der Waals surface area contributed by atoms with Crippen LogP contribution in [0.15, 0.2) is 42.6 Å². The second kappa shape index (κ2) is 8.93. The van der Waals surface area contributed by atoms with Gasteiger partial charge in [0, 0.05) is 30.7 Å². The Morgan fingerprint density at radius 1 is 1.21 bits per heavy atom. The van der Waals surface area contributed by atoms with Gasteiger partial charge < -0.3 is 14.5 Å². The number of likely N-dealkylation sites (tertiary alicyclic amines) is 1. The molecule has 1 aromatic heterocycles. The molecule has 0 spiro atoms. The van der Waals surface area contributed by atoms with E-state index in [0.29, 0.717) is 32.7 Å². The molecule has 2 amide bonds. The summed E-state index contributed by atoms with van der Waals surface area (Å²) in [4.78, 5) is 32.4. The SMILES string of the molecule is O=C1CCCN1CC(=O)N1CCOC(c2ccc(Cc3cccc(Cl)c3)cn2)C1. The summed E-state index contributed by atoms with van der Waals surface area (Å²) in [5, 5.41) is 0.725. The van der Waals surface area contributed by atoms with Crippen LogP contribution in [0.5, 0.6) is 0 Å². The second-order valence-electron chi connectivity index (χ2n) is 7.52. The zero-order valence-electron chi connectivity index (χ0n) is 16.2. The largest absolute Gasteiger partial charge is 0.368 e. The molecule has 0 saturated carbocycles. The molecule has 2 aromatic rings. The van der Waals surface area contributed by atoms with Crippen molar-refractivity contribution in [3.8, 4) is 0 Å². The fourth-order valence-electron chi connectivity index (χ4n) is 3.80. The van der Waals surface area contributed by atoms with Crippen LogP contribution in [0.2, 0.25) is 5.02 Å². The lowest BCUT2D eigenvalue weighted by molar-refractivity contribution is -0.143. The van der Waals surface area contributed by atoms with Gasteiger partial charge in [0.05, 0.1) is 25.4 Å². The quantitative estimate of drug-likeness (QED) is 0.756. The summed E-state index contributed by atoms with van der Waals surface area (Å²) in [6.45, 7) is 2.31. The summed E-state index contributed by atoms with van der Waals surface area (Å²) in [6.07, 6.45) is 3.74. The highest BCUT2D eigenvalue weighted by Crippen LogP contribution is 2.22. The average Bonchev–Trinajstić information content (AvgIpc) is 3.13. The van der Waals surface area contributed by atoms with E-state index in [-0.39, 0.29) is 24.5 Å². The monoisotopic (exact) mass is 413 g/mol. The van der Waals surface area contributed by atoms with Crippen LogP contribution in [-0.4, -0.2) is 59.4 Å². The summed E-state index contributed by atoms with van der Waals surface area (Å²) >= 11 is 6.05. The van der Waals surface area contributed by atoms with Crippen molar-refractivity contribution in [3.63, 3.8) is 0 Å². The fraction of sp³-hybridized carbons (Fsp3) is 0.409. The molecule has 2 fully saturated rings. The average molecular weight is 414 g/mol. The summed E-state index contributed by atoms with van der Waals surface area (Å²) in [6, 6.07) is 11.8. The Labute approximate surface area is 175 Å². The fourth-order valence-corrected chi connectivity index (χ4v) is 4.02. The van der Waals surface area contributed by atoms with Gasteiger partial charge in [0.2, 0.25) is 11.8 Å². The molecular formula is C22H24ClN3O3. The first-order valence-electron chi connectivity index (χ1n) is 9.95. The number of pyridine rings is 1. The minimum atomic E-state index is -0.248. The van der Waals surface area contributed by atoms with E-state index in [9.17, 15) is 9.59 Å². The highest BCUT2D eigenvalue weighted by molar-refractivity contribution is 6.30. The third kappa shape index (κ3) is 4.95. The molecule has 0 bridgehead atoms. The van der Waals surface area contributed by atoms with Crippen LogP contribution in [0.1, 0.15) is 35.8 Å². The molecule has 3 heterocycles. The van der Waals surface area contributed by atoms with Crippen LogP contribution < -0.4 is 0 Å². The zero-order valence-corrected chi connectivity index (χ0v) is 17.0. The molecule has 6 nitrogen and oxygen atoms in total. The molecule has 0 N–H and O–H groups in total. The molecule has 1 unspecified atom stereocenters. The summed E-state index contributed by atoms with van der Waals surface area (Å²) in [5.74, 6) is 0.0474. The van der Waals surface area contributed by atoms with Gasteiger partial charge in [0.15, 0.2) is 0 Å². The Morgan fingerprint density at radius 3 is 2.83 bits per heavy atom. The zero-order chi connectivity index (χ0) is 20.2. The molecule has 29 heavy (non-hydrogen) atoms. The number of carbonyl (C=O) groups excluding carboxylic acids is 2. The maximum atomic E-state index is 12.6. The highest BCUT2D eigenvalue weighted by Gasteiger charge is 2.29. The summed E-state index contributed by atoms with van der Waals surface area (Å²) < 4.78 is 5.86. The molecule has 1 atom stereocenters. The van der Waals surface area contributed by atoms with Gasteiger partial charge in [-0.05, 0) is 42.2 Å². The lowest BCUT2D eigenvalue weighted by Crippen LogP contribution is -2.47. The van der Waals surface area contributed by atoms with Gasteiger partial charge in [-0.1, -0.05) is 29.8 Å². The van der Waals surface area contributed by atoms with E-state index < -0.39 is 0 Å². The van der Waals surface area contributed by atoms with Gasteiger partial charge in [-0.2, -0.15) is 0 Å². The predicted molar refractivity (Wildman–Crippen MR) is 110 cm³/mol. The van der Waals surface area contributed by atoms with Crippen LogP contribution in [0.4, 0.5) is 0 Å². The maximum absolute atomic E-state index is 12.6. The molecule has 7 heteroatoms. The minimum absolute atomic E-state index is 0.0221. The Balaban J connectivity index is 1.36. The lowest BCUT2D eigenvalue weighted by Gasteiger charge is -2.33. The van der Waals surface area contributed by atoms with E-state index in [0.717, 1.165) is 34.7 Å². The van der Waals surface area contributed by atoms with Crippen molar-refractivity contribution >= 4 is 23.4 Å². The summed E-state index contributed by atoms with van der Waals surface area (Å²) in [5.41, 5.74) is 3.04. The first-order valence-corrected chi connectivity index (χ1v) is 10.3. The normalized spacial score (nSPS) is 19.6. The van der Waals surface area contributed by atoms with E-state index in [1.807, 2.05) is 42.6 Å². The molecular weight excluding hydrogens is 390 g/mol. The number of halogens is 1. The lowest BCUT2D eigenvalue weighted by atomic mass is 10.1. The number of aromatic nitrogens is 1. The van der Waals surface area contributed by atoms with Crippen LogP contribution in [0.25, 0.3) is 0 Å².